The Bertz CT molecular complexity index is 336. The van der Waals surface area contributed by atoms with Crippen molar-refractivity contribution in [3.63, 3.8) is 0 Å². The van der Waals surface area contributed by atoms with E-state index in [0.717, 1.165) is 6.54 Å². The van der Waals surface area contributed by atoms with E-state index < -0.39 is 0 Å². The van der Waals surface area contributed by atoms with Gasteiger partial charge in [-0.3, -0.25) is 0 Å². The molecule has 0 amide bonds. The molecule has 88 valence electrons. The minimum absolute atomic E-state index is 0.631. The van der Waals surface area contributed by atoms with Gasteiger partial charge in [-0.1, -0.05) is 0 Å². The monoisotopic (exact) mass is 330 g/mol. The van der Waals surface area contributed by atoms with E-state index in [1.165, 1.54) is 22.1 Å². The van der Waals surface area contributed by atoms with Gasteiger partial charge in [-0.2, -0.15) is 0 Å². The molecule has 1 aliphatic rings. The van der Waals surface area contributed by atoms with Crippen LogP contribution >= 0.6 is 22.6 Å². The number of anilines is 1. The average molecular weight is 330 g/mol. The Morgan fingerprint density at radius 2 is 2.00 bits per heavy atom. The summed E-state index contributed by atoms with van der Waals surface area (Å²) >= 11 is 2.35. The summed E-state index contributed by atoms with van der Waals surface area (Å²) in [6.45, 7) is 3.48. The van der Waals surface area contributed by atoms with Gasteiger partial charge in [0.05, 0.1) is 0 Å². The van der Waals surface area contributed by atoms with E-state index in [0.29, 0.717) is 12.1 Å². The fraction of sp³-hybridized carbons (Fsp3) is 0.538. The molecular formula is C13H19IN2. The van der Waals surface area contributed by atoms with Gasteiger partial charge in [-0.15, -0.1) is 0 Å². The van der Waals surface area contributed by atoms with Crippen molar-refractivity contribution in [3.8, 4) is 0 Å². The fourth-order valence-corrected chi connectivity index (χ4v) is 2.81. The molecule has 2 atom stereocenters. The van der Waals surface area contributed by atoms with Crippen LogP contribution in [-0.2, 0) is 0 Å². The third kappa shape index (κ3) is 2.69. The Morgan fingerprint density at radius 3 is 2.56 bits per heavy atom. The molecule has 0 bridgehead atoms. The van der Waals surface area contributed by atoms with Crippen molar-refractivity contribution in [2.24, 2.45) is 0 Å². The van der Waals surface area contributed by atoms with E-state index in [4.69, 9.17) is 0 Å². The molecule has 2 nitrogen and oxygen atoms in total. The highest BCUT2D eigenvalue weighted by Crippen LogP contribution is 2.25. The third-order valence-corrected chi connectivity index (χ3v) is 4.16. The van der Waals surface area contributed by atoms with Gasteiger partial charge in [0.2, 0.25) is 0 Å². The quantitative estimate of drug-likeness (QED) is 0.839. The lowest BCUT2D eigenvalue weighted by molar-refractivity contribution is 0.387. The van der Waals surface area contributed by atoms with E-state index in [1.807, 2.05) is 0 Å². The summed E-state index contributed by atoms with van der Waals surface area (Å²) in [5, 5.41) is 3.39. The van der Waals surface area contributed by atoms with E-state index in [1.54, 1.807) is 0 Å². The van der Waals surface area contributed by atoms with Gasteiger partial charge in [0.15, 0.2) is 0 Å². The van der Waals surface area contributed by atoms with Crippen LogP contribution in [0.15, 0.2) is 24.3 Å². The topological polar surface area (TPSA) is 15.3 Å². The SMILES string of the molecule is CNC1CCN(c2ccc(I)cc2)C(C)C1. The maximum Gasteiger partial charge on any atom is 0.0369 e. The summed E-state index contributed by atoms with van der Waals surface area (Å²) < 4.78 is 1.30. The first-order valence-electron chi connectivity index (χ1n) is 5.90. The summed E-state index contributed by atoms with van der Waals surface area (Å²) in [5.41, 5.74) is 1.36. The molecule has 0 saturated carbocycles. The van der Waals surface area contributed by atoms with Crippen molar-refractivity contribution < 1.29 is 0 Å². The van der Waals surface area contributed by atoms with Crippen LogP contribution in [0.4, 0.5) is 5.69 Å². The molecule has 0 spiro atoms. The molecule has 0 aromatic heterocycles. The molecule has 1 N–H and O–H groups in total. The average Bonchev–Trinajstić information content (AvgIpc) is 2.30. The number of nitrogens with one attached hydrogen (secondary N) is 1. The fourth-order valence-electron chi connectivity index (χ4n) is 2.45. The Labute approximate surface area is 112 Å². The molecule has 0 radical (unpaired) electrons. The number of nitrogens with zero attached hydrogens (tertiary/aromatic N) is 1. The zero-order chi connectivity index (χ0) is 11.5. The molecule has 3 heteroatoms. The molecule has 1 aliphatic heterocycles. The van der Waals surface area contributed by atoms with Gasteiger partial charge in [0.1, 0.15) is 0 Å². The number of halogens is 1. The summed E-state index contributed by atoms with van der Waals surface area (Å²) in [4.78, 5) is 2.52. The van der Waals surface area contributed by atoms with Crippen LogP contribution in [-0.4, -0.2) is 25.7 Å². The Morgan fingerprint density at radius 1 is 1.31 bits per heavy atom. The maximum atomic E-state index is 3.39. The van der Waals surface area contributed by atoms with Gasteiger partial charge in [-0.25, -0.2) is 0 Å². The molecule has 16 heavy (non-hydrogen) atoms. The third-order valence-electron chi connectivity index (χ3n) is 3.44. The van der Waals surface area contributed by atoms with Crippen molar-refractivity contribution in [2.75, 3.05) is 18.5 Å². The van der Waals surface area contributed by atoms with Gasteiger partial charge < -0.3 is 10.2 Å². The number of hydrogen-bond donors (Lipinski definition) is 1. The first-order chi connectivity index (χ1) is 7.70. The number of rotatable bonds is 2. The normalized spacial score (nSPS) is 25.8. The molecule has 1 heterocycles. The Hall–Kier alpha value is -0.290. The van der Waals surface area contributed by atoms with Crippen LogP contribution in [0, 0.1) is 3.57 Å². The zero-order valence-electron chi connectivity index (χ0n) is 9.91. The Kier molecular flexibility index (Phi) is 4.08. The van der Waals surface area contributed by atoms with Crippen molar-refractivity contribution in [2.45, 2.75) is 31.8 Å². The lowest BCUT2D eigenvalue weighted by Crippen LogP contribution is -2.46. The maximum absolute atomic E-state index is 3.39. The summed E-state index contributed by atoms with van der Waals surface area (Å²) in [6.07, 6.45) is 2.48. The second kappa shape index (κ2) is 5.36. The lowest BCUT2D eigenvalue weighted by Gasteiger charge is -2.39. The van der Waals surface area contributed by atoms with Crippen LogP contribution in [0.3, 0.4) is 0 Å². The van der Waals surface area contributed by atoms with E-state index >= 15 is 0 Å². The van der Waals surface area contributed by atoms with Crippen molar-refractivity contribution >= 4 is 28.3 Å². The smallest absolute Gasteiger partial charge is 0.0369 e. The van der Waals surface area contributed by atoms with E-state index in [-0.39, 0.29) is 0 Å². The second-order valence-electron chi connectivity index (χ2n) is 4.53. The summed E-state index contributed by atoms with van der Waals surface area (Å²) in [7, 11) is 2.07. The second-order valence-corrected chi connectivity index (χ2v) is 5.77. The minimum atomic E-state index is 0.631. The number of hydrogen-bond acceptors (Lipinski definition) is 2. The van der Waals surface area contributed by atoms with E-state index in [9.17, 15) is 0 Å². The number of benzene rings is 1. The largest absolute Gasteiger partial charge is 0.369 e. The van der Waals surface area contributed by atoms with Crippen LogP contribution in [0.25, 0.3) is 0 Å². The van der Waals surface area contributed by atoms with Gasteiger partial charge in [-0.05, 0) is 73.7 Å². The van der Waals surface area contributed by atoms with E-state index in [2.05, 4.69) is 71.0 Å². The molecule has 1 aromatic rings. The van der Waals surface area contributed by atoms with Crippen molar-refractivity contribution in [1.29, 1.82) is 0 Å². The molecule has 1 saturated heterocycles. The zero-order valence-corrected chi connectivity index (χ0v) is 12.1. The first-order valence-corrected chi connectivity index (χ1v) is 6.98. The van der Waals surface area contributed by atoms with Gasteiger partial charge in [0, 0.05) is 27.9 Å². The van der Waals surface area contributed by atoms with Gasteiger partial charge >= 0.3 is 0 Å². The minimum Gasteiger partial charge on any atom is -0.369 e. The predicted molar refractivity (Wildman–Crippen MR) is 78.0 cm³/mol. The standard InChI is InChI=1S/C13H19IN2/c1-10-9-12(15-2)7-8-16(10)13-5-3-11(14)4-6-13/h3-6,10,12,15H,7-9H2,1-2H3. The van der Waals surface area contributed by atoms with Crippen LogP contribution in [0.1, 0.15) is 19.8 Å². The van der Waals surface area contributed by atoms with Gasteiger partial charge in [0.25, 0.3) is 0 Å². The lowest BCUT2D eigenvalue weighted by atomic mass is 9.98. The highest BCUT2D eigenvalue weighted by Gasteiger charge is 2.24. The molecule has 2 unspecified atom stereocenters. The highest BCUT2D eigenvalue weighted by atomic mass is 127. The first kappa shape index (κ1) is 12.2. The Balaban J connectivity index is 2.08. The summed E-state index contributed by atoms with van der Waals surface area (Å²) in [6, 6.07) is 10.2. The molecule has 2 rings (SSSR count). The van der Waals surface area contributed by atoms with Crippen molar-refractivity contribution in [1.82, 2.24) is 5.32 Å². The molecule has 1 aromatic carbocycles. The number of piperidine rings is 1. The highest BCUT2D eigenvalue weighted by molar-refractivity contribution is 14.1. The van der Waals surface area contributed by atoms with Crippen molar-refractivity contribution in [3.05, 3.63) is 27.8 Å². The van der Waals surface area contributed by atoms with Crippen LogP contribution in [0.5, 0.6) is 0 Å². The molecular weight excluding hydrogens is 311 g/mol. The van der Waals surface area contributed by atoms with Crippen LogP contribution < -0.4 is 10.2 Å². The molecule has 1 fully saturated rings. The predicted octanol–water partition coefficient (Wildman–Crippen LogP) is 2.87. The van der Waals surface area contributed by atoms with Crippen LogP contribution in [0.2, 0.25) is 0 Å². The summed E-state index contributed by atoms with van der Waals surface area (Å²) in [5.74, 6) is 0. The molecule has 0 aliphatic carbocycles.